The van der Waals surface area contributed by atoms with Crippen LogP contribution in [0.3, 0.4) is 0 Å². The molecule has 0 unspecified atom stereocenters. The van der Waals surface area contributed by atoms with E-state index in [0.717, 1.165) is 30.2 Å². The average Bonchev–Trinajstić information content (AvgIpc) is 2.61. The minimum atomic E-state index is -0.154. The number of carbonyl (C=O) groups is 2. The third kappa shape index (κ3) is 9.14. The molecular formula is C19H26ClNO2S. The summed E-state index contributed by atoms with van der Waals surface area (Å²) >= 11 is 6.77. The van der Waals surface area contributed by atoms with Crippen molar-refractivity contribution < 1.29 is 9.59 Å². The highest BCUT2D eigenvalue weighted by atomic mass is 35.5. The van der Waals surface area contributed by atoms with Crippen molar-refractivity contribution >= 4 is 34.4 Å². The summed E-state index contributed by atoms with van der Waals surface area (Å²) < 4.78 is 0. The first kappa shape index (κ1) is 20.8. The number of benzene rings is 1. The molecule has 0 atom stereocenters. The highest BCUT2D eigenvalue weighted by Gasteiger charge is 2.05. The molecule has 3 nitrogen and oxygen atoms in total. The lowest BCUT2D eigenvalue weighted by molar-refractivity contribution is -0.116. The van der Waals surface area contributed by atoms with E-state index in [2.05, 4.69) is 12.2 Å². The Labute approximate surface area is 154 Å². The Morgan fingerprint density at radius 2 is 1.92 bits per heavy atom. The standard InChI is InChI=1S/C19H26ClNO2S/c1-2-3-4-5-6-7-12-21-18(22)11-13-24-19(23)17-10-8-9-16(14-17)15-20/h8-11,13-14H,2-7,12,15H2,1H3,(H,21,22). The summed E-state index contributed by atoms with van der Waals surface area (Å²) in [6.45, 7) is 2.88. The van der Waals surface area contributed by atoms with E-state index in [9.17, 15) is 9.59 Å². The Hall–Kier alpha value is -1.26. The second-order valence-electron chi connectivity index (χ2n) is 5.60. The van der Waals surface area contributed by atoms with Crippen LogP contribution in [0.1, 0.15) is 61.4 Å². The van der Waals surface area contributed by atoms with Crippen LogP contribution in [-0.4, -0.2) is 17.6 Å². The van der Waals surface area contributed by atoms with E-state index in [0.29, 0.717) is 18.0 Å². The summed E-state index contributed by atoms with van der Waals surface area (Å²) in [4.78, 5) is 23.7. The van der Waals surface area contributed by atoms with Crippen molar-refractivity contribution in [3.8, 4) is 0 Å². The highest BCUT2D eigenvalue weighted by Crippen LogP contribution is 2.16. The van der Waals surface area contributed by atoms with E-state index in [1.807, 2.05) is 12.1 Å². The van der Waals surface area contributed by atoms with Gasteiger partial charge in [-0.25, -0.2) is 0 Å². The van der Waals surface area contributed by atoms with E-state index < -0.39 is 0 Å². The van der Waals surface area contributed by atoms with Gasteiger partial charge in [0.05, 0.1) is 0 Å². The Morgan fingerprint density at radius 1 is 1.17 bits per heavy atom. The molecule has 24 heavy (non-hydrogen) atoms. The van der Waals surface area contributed by atoms with E-state index in [1.165, 1.54) is 37.2 Å². The monoisotopic (exact) mass is 367 g/mol. The van der Waals surface area contributed by atoms with Crippen LogP contribution in [0.2, 0.25) is 0 Å². The van der Waals surface area contributed by atoms with Gasteiger partial charge in [0.2, 0.25) is 11.0 Å². The van der Waals surface area contributed by atoms with Gasteiger partial charge in [-0.15, -0.1) is 11.6 Å². The van der Waals surface area contributed by atoms with Crippen molar-refractivity contribution in [1.29, 1.82) is 0 Å². The number of halogens is 1. The van der Waals surface area contributed by atoms with Crippen molar-refractivity contribution in [1.82, 2.24) is 5.32 Å². The molecule has 1 rings (SSSR count). The molecule has 1 amide bonds. The van der Waals surface area contributed by atoms with Gasteiger partial charge >= 0.3 is 0 Å². The van der Waals surface area contributed by atoms with Crippen LogP contribution in [0.5, 0.6) is 0 Å². The first-order valence-corrected chi connectivity index (χ1v) is 9.89. The summed E-state index contributed by atoms with van der Waals surface area (Å²) in [5.74, 6) is 0.223. The van der Waals surface area contributed by atoms with Gasteiger partial charge in [-0.2, -0.15) is 0 Å². The van der Waals surface area contributed by atoms with E-state index in [1.54, 1.807) is 12.1 Å². The molecule has 5 heteroatoms. The number of carbonyl (C=O) groups excluding carboxylic acids is 2. The van der Waals surface area contributed by atoms with Crippen LogP contribution in [0.25, 0.3) is 0 Å². The van der Waals surface area contributed by atoms with Gasteiger partial charge in [-0.05, 0) is 23.5 Å². The second-order valence-corrected chi connectivity index (χ2v) is 6.75. The molecule has 0 aliphatic heterocycles. The van der Waals surface area contributed by atoms with Crippen LogP contribution < -0.4 is 5.32 Å². The van der Waals surface area contributed by atoms with Gasteiger partial charge in [0.1, 0.15) is 0 Å². The smallest absolute Gasteiger partial charge is 0.244 e. The molecule has 0 aromatic heterocycles. The zero-order valence-corrected chi connectivity index (χ0v) is 15.8. The summed E-state index contributed by atoms with van der Waals surface area (Å²) in [5, 5.41) is 4.28. The number of thioether (sulfide) groups is 1. The Balaban J connectivity index is 2.21. The maximum Gasteiger partial charge on any atom is 0.244 e. The minimum Gasteiger partial charge on any atom is -0.353 e. The topological polar surface area (TPSA) is 46.2 Å². The summed E-state index contributed by atoms with van der Waals surface area (Å²) in [6, 6.07) is 7.20. The van der Waals surface area contributed by atoms with E-state index >= 15 is 0 Å². The minimum absolute atomic E-state index is 0.0954. The van der Waals surface area contributed by atoms with Crippen molar-refractivity contribution in [2.75, 3.05) is 6.54 Å². The Kier molecular flexibility index (Phi) is 11.3. The maximum atomic E-state index is 12.0. The van der Waals surface area contributed by atoms with Crippen LogP contribution in [-0.2, 0) is 10.7 Å². The lowest BCUT2D eigenvalue weighted by Gasteiger charge is -2.02. The SMILES string of the molecule is CCCCCCCCNC(=O)C=CSC(=O)c1cccc(CCl)c1. The Morgan fingerprint density at radius 3 is 2.67 bits per heavy atom. The maximum absolute atomic E-state index is 12.0. The number of nitrogens with one attached hydrogen (secondary N) is 1. The second kappa shape index (κ2) is 13.1. The first-order valence-electron chi connectivity index (χ1n) is 8.47. The predicted molar refractivity (Wildman–Crippen MR) is 103 cm³/mol. The average molecular weight is 368 g/mol. The molecule has 0 aliphatic rings. The normalized spacial score (nSPS) is 10.9. The van der Waals surface area contributed by atoms with Crippen molar-refractivity contribution in [2.45, 2.75) is 51.3 Å². The van der Waals surface area contributed by atoms with Gasteiger partial charge in [0.25, 0.3) is 0 Å². The lowest BCUT2D eigenvalue weighted by Crippen LogP contribution is -2.21. The van der Waals surface area contributed by atoms with E-state index in [-0.39, 0.29) is 11.0 Å². The Bertz CT molecular complexity index is 546. The number of hydrogen-bond acceptors (Lipinski definition) is 3. The summed E-state index contributed by atoms with van der Waals surface area (Å²) in [6.07, 6.45) is 8.58. The molecule has 132 valence electrons. The van der Waals surface area contributed by atoms with Crippen LogP contribution in [0.4, 0.5) is 0 Å². The predicted octanol–water partition coefficient (Wildman–Crippen LogP) is 5.29. The van der Waals surface area contributed by atoms with Crippen LogP contribution in [0, 0.1) is 0 Å². The first-order chi connectivity index (χ1) is 11.7. The van der Waals surface area contributed by atoms with Gasteiger partial charge < -0.3 is 5.32 Å². The number of alkyl halides is 1. The summed E-state index contributed by atoms with van der Waals surface area (Å²) in [5.41, 5.74) is 1.50. The van der Waals surface area contributed by atoms with Gasteiger partial charge in [-0.1, -0.05) is 69.0 Å². The molecule has 0 radical (unpaired) electrons. The number of unbranched alkanes of at least 4 members (excludes halogenated alkanes) is 5. The molecule has 0 heterocycles. The molecule has 1 aromatic rings. The van der Waals surface area contributed by atoms with Crippen molar-refractivity contribution in [2.24, 2.45) is 0 Å². The highest BCUT2D eigenvalue weighted by molar-refractivity contribution is 8.16. The molecule has 0 spiro atoms. The zero-order chi connectivity index (χ0) is 17.6. The zero-order valence-electron chi connectivity index (χ0n) is 14.2. The molecule has 1 aromatic carbocycles. The fourth-order valence-electron chi connectivity index (χ4n) is 2.18. The fourth-order valence-corrected chi connectivity index (χ4v) is 2.93. The molecular weight excluding hydrogens is 342 g/mol. The number of hydrogen-bond donors (Lipinski definition) is 1. The summed E-state index contributed by atoms with van der Waals surface area (Å²) in [7, 11) is 0. The third-order valence-corrected chi connectivity index (χ3v) is 4.57. The quantitative estimate of drug-likeness (QED) is 0.328. The van der Waals surface area contributed by atoms with Crippen molar-refractivity contribution in [3.05, 3.63) is 46.9 Å². The van der Waals surface area contributed by atoms with Crippen LogP contribution >= 0.6 is 23.4 Å². The van der Waals surface area contributed by atoms with Gasteiger partial charge in [0.15, 0.2) is 0 Å². The molecule has 0 bridgehead atoms. The number of amides is 1. The number of rotatable bonds is 11. The molecule has 0 aliphatic carbocycles. The molecule has 0 saturated heterocycles. The van der Waals surface area contributed by atoms with Crippen LogP contribution in [0.15, 0.2) is 35.7 Å². The molecule has 0 fully saturated rings. The van der Waals surface area contributed by atoms with Crippen molar-refractivity contribution in [3.63, 3.8) is 0 Å². The largest absolute Gasteiger partial charge is 0.353 e. The third-order valence-electron chi connectivity index (χ3n) is 3.54. The molecule has 0 saturated carbocycles. The molecule has 1 N–H and O–H groups in total. The van der Waals surface area contributed by atoms with Gasteiger partial charge in [0, 0.05) is 24.1 Å². The lowest BCUT2D eigenvalue weighted by atomic mass is 10.1. The van der Waals surface area contributed by atoms with E-state index in [4.69, 9.17) is 11.6 Å². The fraction of sp³-hybridized carbons (Fsp3) is 0.474. The van der Waals surface area contributed by atoms with Gasteiger partial charge in [-0.3, -0.25) is 9.59 Å².